The summed E-state index contributed by atoms with van der Waals surface area (Å²) in [6.07, 6.45) is 0.219. The number of amides is 8. The molecule has 390 valence electrons. The molecule has 3 aromatic rings. The van der Waals surface area contributed by atoms with Gasteiger partial charge in [-0.3, -0.25) is 43.3 Å². The van der Waals surface area contributed by atoms with Gasteiger partial charge in [0.05, 0.1) is 18.6 Å². The van der Waals surface area contributed by atoms with Gasteiger partial charge in [-0.25, -0.2) is 4.79 Å². The maximum atomic E-state index is 14.7. The fraction of sp³-hybridized carbons (Fsp3) is 0.489. The van der Waals surface area contributed by atoms with Crippen molar-refractivity contribution in [2.24, 2.45) is 27.9 Å². The van der Waals surface area contributed by atoms with Crippen LogP contribution in [0.4, 0.5) is 0 Å². The van der Waals surface area contributed by atoms with Gasteiger partial charge in [0.25, 0.3) is 0 Å². The number of aromatic hydroxyl groups is 1. The average molecular weight is 1000 g/mol. The number of carboxylic acids is 1. The topological polar surface area (TPSA) is 413 Å². The Hall–Kier alpha value is -7.80. The number of aromatic amines is 1. The molecular formula is C47H65N13O12. The highest BCUT2D eigenvalue weighted by atomic mass is 16.4. The molecular weight excluding hydrogens is 939 g/mol. The number of aliphatic imine (C=N–C) groups is 1. The van der Waals surface area contributed by atoms with Crippen LogP contribution in [0.5, 0.6) is 5.75 Å². The van der Waals surface area contributed by atoms with Crippen LogP contribution in [-0.2, 0) is 56.0 Å². The van der Waals surface area contributed by atoms with Gasteiger partial charge in [-0.05, 0) is 81.7 Å². The van der Waals surface area contributed by atoms with E-state index in [0.29, 0.717) is 34.9 Å². The van der Waals surface area contributed by atoms with Crippen LogP contribution in [0.15, 0.2) is 59.7 Å². The van der Waals surface area contributed by atoms with Gasteiger partial charge < -0.3 is 79.6 Å². The molecule has 9 atom stereocenters. The quantitative estimate of drug-likeness (QED) is 0.0239. The lowest BCUT2D eigenvalue weighted by Crippen LogP contribution is -2.62. The van der Waals surface area contributed by atoms with E-state index in [1.807, 2.05) is 0 Å². The van der Waals surface area contributed by atoms with E-state index in [4.69, 9.17) is 22.9 Å². The molecule has 8 amide bonds. The number of guanidine groups is 1. The van der Waals surface area contributed by atoms with E-state index in [1.54, 1.807) is 30.5 Å². The van der Waals surface area contributed by atoms with Gasteiger partial charge >= 0.3 is 5.97 Å². The lowest BCUT2D eigenvalue weighted by atomic mass is 10.0. The van der Waals surface area contributed by atoms with Crippen molar-refractivity contribution >= 4 is 70.1 Å². The maximum absolute atomic E-state index is 14.7. The number of hydrogen-bond acceptors (Lipinski definition) is 13. The Balaban J connectivity index is 1.43. The maximum Gasteiger partial charge on any atom is 0.326 e. The number of benzene rings is 2. The first-order valence-electron chi connectivity index (χ1n) is 23.6. The summed E-state index contributed by atoms with van der Waals surface area (Å²) >= 11 is 0. The highest BCUT2D eigenvalue weighted by molar-refractivity contribution is 5.99. The zero-order valence-electron chi connectivity index (χ0n) is 40.0. The Bertz CT molecular complexity index is 2490. The molecule has 0 radical (unpaired) electrons. The van der Waals surface area contributed by atoms with Crippen LogP contribution in [0, 0.1) is 0 Å². The van der Waals surface area contributed by atoms with Gasteiger partial charge in [-0.1, -0.05) is 30.3 Å². The molecule has 2 aliphatic heterocycles. The minimum Gasteiger partial charge on any atom is -0.508 e. The highest BCUT2D eigenvalue weighted by Crippen LogP contribution is 2.23. The lowest BCUT2D eigenvalue weighted by Gasteiger charge is -2.31. The number of H-pyrrole nitrogens is 1. The molecule has 1 aromatic heterocycles. The predicted octanol–water partition coefficient (Wildman–Crippen LogP) is -3.19. The molecule has 0 bridgehead atoms. The number of phenolic OH excluding ortho intramolecular Hbond substituents is 1. The lowest BCUT2D eigenvalue weighted by molar-refractivity contribution is -0.149. The number of nitrogens with two attached hydrogens (primary N) is 4. The number of para-hydroxylation sites is 1. The molecule has 72 heavy (non-hydrogen) atoms. The van der Waals surface area contributed by atoms with Crippen LogP contribution in [0.2, 0.25) is 0 Å². The summed E-state index contributed by atoms with van der Waals surface area (Å²) in [5.74, 6) is -8.31. The van der Waals surface area contributed by atoms with Crippen LogP contribution in [0.25, 0.3) is 10.9 Å². The Kier molecular flexibility index (Phi) is 19.4. The van der Waals surface area contributed by atoms with E-state index in [1.165, 1.54) is 43.0 Å². The number of carboxylic acid groups (broad SMARTS) is 1. The molecule has 0 unspecified atom stereocenters. The second-order valence-electron chi connectivity index (χ2n) is 18.0. The van der Waals surface area contributed by atoms with E-state index >= 15 is 0 Å². The van der Waals surface area contributed by atoms with Crippen molar-refractivity contribution in [3.05, 3.63) is 65.9 Å². The van der Waals surface area contributed by atoms with Gasteiger partial charge in [0.15, 0.2) is 5.96 Å². The molecule has 25 heteroatoms. The van der Waals surface area contributed by atoms with Crippen molar-refractivity contribution in [2.75, 3.05) is 19.6 Å². The summed E-state index contributed by atoms with van der Waals surface area (Å²) in [6.45, 7) is 2.82. The molecule has 2 saturated heterocycles. The number of aliphatic hydroxyl groups excluding tert-OH is 1. The minimum atomic E-state index is -1.74. The first kappa shape index (κ1) is 55.1. The Morgan fingerprint density at radius 1 is 0.736 bits per heavy atom. The third-order valence-electron chi connectivity index (χ3n) is 12.5. The molecule has 17 N–H and O–H groups in total. The Morgan fingerprint density at radius 3 is 1.94 bits per heavy atom. The van der Waals surface area contributed by atoms with Crippen molar-refractivity contribution < 1.29 is 58.5 Å². The molecule has 2 aromatic carbocycles. The fourth-order valence-electron chi connectivity index (χ4n) is 8.72. The predicted molar refractivity (Wildman–Crippen MR) is 260 cm³/mol. The van der Waals surface area contributed by atoms with Gasteiger partial charge in [0, 0.05) is 49.6 Å². The van der Waals surface area contributed by atoms with Crippen LogP contribution in [0.1, 0.15) is 69.9 Å². The molecule has 2 fully saturated rings. The SMILES string of the molecule is C[C@H](N)C(=O)N[C@@H](CC(N)=O)C(=O)N1CCC[C@H]1C(=O)N[C@@H](Cc1ccc(O)cc1)C(=O)N[C@@H](Cc1c[nH]c2ccccc12)C(=O)N[C@H](C(=O)N[C@@H](CCCN=C(N)N)C(=O)N1CCC[C@H]1C(=O)O)[C@@H](C)O. The molecule has 0 spiro atoms. The fourth-order valence-corrected chi connectivity index (χ4v) is 8.72. The van der Waals surface area contributed by atoms with Crippen molar-refractivity contribution in [3.8, 4) is 5.75 Å². The monoisotopic (exact) mass is 1000 g/mol. The number of carbonyl (C=O) groups excluding carboxylic acids is 8. The molecule has 0 saturated carbocycles. The van der Waals surface area contributed by atoms with Crippen molar-refractivity contribution in [2.45, 2.75) is 126 Å². The second-order valence-corrected chi connectivity index (χ2v) is 18.0. The zero-order chi connectivity index (χ0) is 52.8. The largest absolute Gasteiger partial charge is 0.508 e. The number of fused-ring (bicyclic) bond motifs is 1. The number of hydrogen-bond donors (Lipinski definition) is 13. The Morgan fingerprint density at radius 2 is 1.32 bits per heavy atom. The number of aliphatic hydroxyl groups is 1. The molecule has 3 heterocycles. The molecule has 5 rings (SSSR count). The number of carbonyl (C=O) groups is 9. The number of aliphatic carboxylic acids is 1. The minimum absolute atomic E-state index is 0.0495. The summed E-state index contributed by atoms with van der Waals surface area (Å²) < 4.78 is 0. The molecule has 2 aliphatic rings. The van der Waals surface area contributed by atoms with E-state index in [9.17, 15) is 58.5 Å². The number of nitrogens with zero attached hydrogens (tertiary/aromatic N) is 3. The summed E-state index contributed by atoms with van der Waals surface area (Å²) in [5.41, 5.74) is 23.7. The average Bonchev–Trinajstić information content (AvgIpc) is 4.12. The van der Waals surface area contributed by atoms with Crippen LogP contribution in [0.3, 0.4) is 0 Å². The second kappa shape index (κ2) is 25.4. The summed E-state index contributed by atoms with van der Waals surface area (Å²) in [6, 6.07) is 2.01. The first-order chi connectivity index (χ1) is 34.1. The summed E-state index contributed by atoms with van der Waals surface area (Å²) in [5, 5.41) is 44.4. The molecule has 0 aliphatic carbocycles. The number of likely N-dealkylation sites (tertiary alicyclic amines) is 2. The van der Waals surface area contributed by atoms with E-state index in [-0.39, 0.29) is 69.9 Å². The standard InChI is InChI=1S/C47H65N13O12/c1-24(48)39(64)57-34(22-37(49)63)45(70)59-18-6-11-35(59)42(67)56-32(20-26-13-15-28(62)16-14-26)40(65)55-33(21-27-23-53-30-9-4-3-8-29(27)30)41(66)58-38(25(2)61)43(68)54-31(10-5-17-52-47(50)51)44(69)60-19-7-12-36(60)46(71)72/h3-4,8-9,13-16,23-25,31-36,38,53,61-62H,5-7,10-12,17-22,48H2,1-2H3,(H2,49,63)(H,54,68)(H,55,65)(H,56,67)(H,57,64)(H,58,66)(H,71,72)(H4,50,51,52)/t24-,25+,31-,32-,33-,34-,35-,36-,38-/m0/s1. The van der Waals surface area contributed by atoms with Crippen LogP contribution in [-0.4, -0.2) is 163 Å². The van der Waals surface area contributed by atoms with Gasteiger partial charge in [-0.15, -0.1) is 0 Å². The number of phenols is 1. The third kappa shape index (κ3) is 14.9. The van der Waals surface area contributed by atoms with E-state index in [2.05, 4.69) is 36.6 Å². The van der Waals surface area contributed by atoms with Gasteiger partial charge in [0.1, 0.15) is 48.0 Å². The third-order valence-corrected chi connectivity index (χ3v) is 12.5. The number of nitrogens with one attached hydrogen (secondary N) is 6. The number of aromatic nitrogens is 1. The van der Waals surface area contributed by atoms with Crippen LogP contribution >= 0.6 is 0 Å². The highest BCUT2D eigenvalue weighted by Gasteiger charge is 2.42. The molecule has 25 nitrogen and oxygen atoms in total. The normalized spacial score (nSPS) is 18.3. The van der Waals surface area contributed by atoms with E-state index < -0.39 is 114 Å². The van der Waals surface area contributed by atoms with Crippen LogP contribution < -0.4 is 49.5 Å². The zero-order valence-corrected chi connectivity index (χ0v) is 40.0. The Labute approximate surface area is 414 Å². The van der Waals surface area contributed by atoms with Gasteiger partial charge in [-0.2, -0.15) is 0 Å². The van der Waals surface area contributed by atoms with Crippen molar-refractivity contribution in [3.63, 3.8) is 0 Å². The smallest absolute Gasteiger partial charge is 0.326 e. The summed E-state index contributed by atoms with van der Waals surface area (Å²) in [4.78, 5) is 131. The first-order valence-corrected chi connectivity index (χ1v) is 23.6. The van der Waals surface area contributed by atoms with Crippen molar-refractivity contribution in [1.29, 1.82) is 0 Å². The summed E-state index contributed by atoms with van der Waals surface area (Å²) in [7, 11) is 0. The van der Waals surface area contributed by atoms with Crippen molar-refractivity contribution in [1.82, 2.24) is 41.4 Å². The van der Waals surface area contributed by atoms with Gasteiger partial charge in [0.2, 0.25) is 47.3 Å². The number of rotatable bonds is 24. The van der Waals surface area contributed by atoms with E-state index in [0.717, 1.165) is 4.90 Å². The number of primary amides is 1.